The van der Waals surface area contributed by atoms with Crippen molar-refractivity contribution in [3.8, 4) is 5.75 Å². The Morgan fingerprint density at radius 1 is 0.839 bits per heavy atom. The minimum atomic E-state index is -1.29. The first-order valence-corrected chi connectivity index (χ1v) is 10.1. The summed E-state index contributed by atoms with van der Waals surface area (Å²) in [5, 5.41) is 0. The third-order valence-corrected chi connectivity index (χ3v) is 4.68. The van der Waals surface area contributed by atoms with Gasteiger partial charge in [-0.05, 0) is 28.1 Å². The summed E-state index contributed by atoms with van der Waals surface area (Å²) < 4.78 is 33.3. The molecule has 11 heteroatoms. The Morgan fingerprint density at radius 3 is 1.94 bits per heavy atom. The lowest BCUT2D eigenvalue weighted by Gasteiger charge is -2.44. The molecule has 1 fully saturated rings. The van der Waals surface area contributed by atoms with E-state index in [2.05, 4.69) is 15.9 Å². The molecule has 1 aromatic rings. The van der Waals surface area contributed by atoms with E-state index >= 15 is 0 Å². The van der Waals surface area contributed by atoms with Crippen molar-refractivity contribution < 1.29 is 47.6 Å². The van der Waals surface area contributed by atoms with E-state index in [1.165, 1.54) is 6.92 Å². The van der Waals surface area contributed by atoms with Gasteiger partial charge in [-0.2, -0.15) is 0 Å². The number of hydrogen-bond acceptors (Lipinski definition) is 10. The average Bonchev–Trinajstić information content (AvgIpc) is 2.65. The van der Waals surface area contributed by atoms with Crippen LogP contribution >= 0.6 is 15.9 Å². The average molecular weight is 503 g/mol. The Bertz CT molecular complexity index is 826. The van der Waals surface area contributed by atoms with Crippen molar-refractivity contribution >= 4 is 39.8 Å². The predicted octanol–water partition coefficient (Wildman–Crippen LogP) is 1.91. The van der Waals surface area contributed by atoms with Crippen molar-refractivity contribution in [2.24, 2.45) is 0 Å². The number of benzene rings is 1. The molecule has 1 saturated heterocycles. The summed E-state index contributed by atoms with van der Waals surface area (Å²) in [6.07, 6.45) is -6.15. The van der Waals surface area contributed by atoms with Crippen LogP contribution < -0.4 is 4.74 Å². The molecule has 31 heavy (non-hydrogen) atoms. The van der Waals surface area contributed by atoms with E-state index in [1.807, 2.05) is 0 Å². The van der Waals surface area contributed by atoms with Gasteiger partial charge < -0.3 is 28.4 Å². The molecule has 170 valence electrons. The highest BCUT2D eigenvalue weighted by atomic mass is 79.9. The van der Waals surface area contributed by atoms with Crippen LogP contribution in [0.2, 0.25) is 0 Å². The summed E-state index contributed by atoms with van der Waals surface area (Å²) in [5.41, 5.74) is 0. The Kier molecular flexibility index (Phi) is 8.81. The van der Waals surface area contributed by atoms with Crippen molar-refractivity contribution in [2.45, 2.75) is 58.4 Å². The molecule has 0 amide bonds. The van der Waals surface area contributed by atoms with Crippen molar-refractivity contribution in [1.82, 2.24) is 0 Å². The molecule has 1 aromatic carbocycles. The maximum atomic E-state index is 11.8. The number of carbonyl (C=O) groups is 4. The SMILES string of the molecule is CC(=O)OC[C@H]1O[C@H](Oc2ccccc2Br)[C@H](OC(C)=O)[C@@H](OC(C)=O)[C@@H]1OC(C)=O. The zero-order valence-corrected chi connectivity index (χ0v) is 18.9. The Morgan fingerprint density at radius 2 is 1.39 bits per heavy atom. The van der Waals surface area contributed by atoms with Crippen molar-refractivity contribution in [3.63, 3.8) is 0 Å². The lowest BCUT2D eigenvalue weighted by atomic mass is 9.98. The molecule has 5 atom stereocenters. The minimum absolute atomic E-state index is 0.326. The highest BCUT2D eigenvalue weighted by Crippen LogP contribution is 2.33. The predicted molar refractivity (Wildman–Crippen MR) is 107 cm³/mol. The van der Waals surface area contributed by atoms with Gasteiger partial charge in [0.25, 0.3) is 0 Å². The molecule has 0 aliphatic carbocycles. The fraction of sp³-hybridized carbons (Fsp3) is 0.500. The molecule has 0 N–H and O–H groups in total. The summed E-state index contributed by atoms with van der Waals surface area (Å²) in [6, 6.07) is 6.84. The van der Waals surface area contributed by atoms with Crippen LogP contribution in [-0.2, 0) is 42.9 Å². The fourth-order valence-corrected chi connectivity index (χ4v) is 3.33. The van der Waals surface area contributed by atoms with Crippen LogP contribution in [0.25, 0.3) is 0 Å². The van der Waals surface area contributed by atoms with Gasteiger partial charge in [-0.1, -0.05) is 12.1 Å². The van der Waals surface area contributed by atoms with E-state index in [9.17, 15) is 19.2 Å². The maximum absolute atomic E-state index is 11.8. The topological polar surface area (TPSA) is 124 Å². The van der Waals surface area contributed by atoms with Crippen LogP contribution in [0.15, 0.2) is 28.7 Å². The third kappa shape index (κ3) is 7.21. The number of halogens is 1. The highest BCUT2D eigenvalue weighted by molar-refractivity contribution is 9.10. The second-order valence-electron chi connectivity index (χ2n) is 6.62. The van der Waals surface area contributed by atoms with Crippen LogP contribution in [0, 0.1) is 0 Å². The van der Waals surface area contributed by atoms with Gasteiger partial charge in [-0.3, -0.25) is 19.2 Å². The normalized spacial score (nSPS) is 25.1. The van der Waals surface area contributed by atoms with Gasteiger partial charge in [0.15, 0.2) is 12.2 Å². The number of rotatable bonds is 7. The molecule has 0 bridgehead atoms. The number of esters is 4. The summed E-state index contributed by atoms with van der Waals surface area (Å²) >= 11 is 3.35. The molecule has 1 heterocycles. The van der Waals surface area contributed by atoms with Crippen LogP contribution in [-0.4, -0.2) is 61.2 Å². The molecule has 1 aliphatic rings. The number of hydrogen-bond donors (Lipinski definition) is 0. The molecular weight excluding hydrogens is 480 g/mol. The Balaban J connectivity index is 2.46. The standard InChI is InChI=1S/C20H23BrO10/c1-10(22)26-9-16-17(27-11(2)23)18(28-12(3)24)19(29-13(4)25)20(31-16)30-15-8-6-5-7-14(15)21/h5-8,16-20H,9H2,1-4H3/t16-,17-,18+,19-,20+/m1/s1. The van der Waals surface area contributed by atoms with Crippen LogP contribution in [0.4, 0.5) is 0 Å². The van der Waals surface area contributed by atoms with E-state index < -0.39 is 54.6 Å². The first-order valence-electron chi connectivity index (χ1n) is 9.30. The summed E-state index contributed by atoms with van der Waals surface area (Å²) in [6.45, 7) is 4.33. The van der Waals surface area contributed by atoms with Crippen LogP contribution in [0.3, 0.4) is 0 Å². The quantitative estimate of drug-likeness (QED) is 0.403. The molecule has 2 rings (SSSR count). The first kappa shape index (κ1) is 24.6. The van der Waals surface area contributed by atoms with Crippen molar-refractivity contribution in [1.29, 1.82) is 0 Å². The minimum Gasteiger partial charge on any atom is -0.463 e. The third-order valence-electron chi connectivity index (χ3n) is 4.03. The number of para-hydroxylation sites is 1. The molecule has 0 saturated carbocycles. The molecule has 0 spiro atoms. The van der Waals surface area contributed by atoms with Gasteiger partial charge >= 0.3 is 23.9 Å². The van der Waals surface area contributed by atoms with E-state index in [-0.39, 0.29) is 6.61 Å². The zero-order valence-electron chi connectivity index (χ0n) is 17.4. The van der Waals surface area contributed by atoms with Gasteiger partial charge in [-0.25, -0.2) is 0 Å². The molecule has 10 nitrogen and oxygen atoms in total. The van der Waals surface area contributed by atoms with Gasteiger partial charge in [0.2, 0.25) is 12.4 Å². The molecule has 1 aliphatic heterocycles. The van der Waals surface area contributed by atoms with Gasteiger partial charge in [0.1, 0.15) is 18.5 Å². The lowest BCUT2D eigenvalue weighted by molar-refractivity contribution is -0.288. The van der Waals surface area contributed by atoms with Gasteiger partial charge in [-0.15, -0.1) is 0 Å². The number of ether oxygens (including phenoxy) is 6. The van der Waals surface area contributed by atoms with Crippen LogP contribution in [0.1, 0.15) is 27.7 Å². The van der Waals surface area contributed by atoms with Crippen molar-refractivity contribution in [3.05, 3.63) is 28.7 Å². The van der Waals surface area contributed by atoms with Crippen molar-refractivity contribution in [2.75, 3.05) is 6.61 Å². The van der Waals surface area contributed by atoms with E-state index in [0.29, 0.717) is 10.2 Å². The second kappa shape index (κ2) is 11.1. The lowest BCUT2D eigenvalue weighted by Crippen LogP contribution is -2.63. The maximum Gasteiger partial charge on any atom is 0.303 e. The Hall–Kier alpha value is -2.66. The van der Waals surface area contributed by atoms with E-state index in [4.69, 9.17) is 28.4 Å². The first-order chi connectivity index (χ1) is 14.6. The summed E-state index contributed by atoms with van der Waals surface area (Å²) in [7, 11) is 0. The second-order valence-corrected chi connectivity index (χ2v) is 7.47. The monoisotopic (exact) mass is 502 g/mol. The highest BCUT2D eigenvalue weighted by Gasteiger charge is 2.53. The fourth-order valence-electron chi connectivity index (χ4n) is 2.95. The van der Waals surface area contributed by atoms with Crippen LogP contribution in [0.5, 0.6) is 5.75 Å². The number of carbonyl (C=O) groups excluding carboxylic acids is 4. The zero-order chi connectivity index (χ0) is 23.1. The molecule has 0 unspecified atom stereocenters. The smallest absolute Gasteiger partial charge is 0.303 e. The molecule has 0 aromatic heterocycles. The summed E-state index contributed by atoms with van der Waals surface area (Å²) in [5.74, 6) is -2.37. The Labute approximate surface area is 187 Å². The largest absolute Gasteiger partial charge is 0.463 e. The van der Waals surface area contributed by atoms with Gasteiger partial charge in [0.05, 0.1) is 4.47 Å². The molecule has 0 radical (unpaired) electrons. The summed E-state index contributed by atoms with van der Waals surface area (Å²) in [4.78, 5) is 46.6. The van der Waals surface area contributed by atoms with E-state index in [1.54, 1.807) is 24.3 Å². The molecular formula is C20H23BrO10. The van der Waals surface area contributed by atoms with Gasteiger partial charge in [0, 0.05) is 27.7 Å². The van der Waals surface area contributed by atoms with E-state index in [0.717, 1.165) is 20.8 Å².